The highest BCUT2D eigenvalue weighted by Gasteiger charge is 2.42. The van der Waals surface area contributed by atoms with Gasteiger partial charge in [-0.1, -0.05) is 23.2 Å². The summed E-state index contributed by atoms with van der Waals surface area (Å²) in [5.41, 5.74) is 3.38. The molecule has 3 aliphatic rings. The summed E-state index contributed by atoms with van der Waals surface area (Å²) in [5.74, 6) is 3.32. The zero-order valence-electron chi connectivity index (χ0n) is 20.2. The molecule has 0 radical (unpaired) electrons. The van der Waals surface area contributed by atoms with Gasteiger partial charge in [-0.05, 0) is 74.9 Å². The van der Waals surface area contributed by atoms with E-state index in [4.69, 9.17) is 15.7 Å². The van der Waals surface area contributed by atoms with E-state index in [1.54, 1.807) is 12.1 Å². The molecule has 0 spiro atoms. The van der Waals surface area contributed by atoms with E-state index in [-0.39, 0.29) is 29.9 Å². The van der Waals surface area contributed by atoms with Gasteiger partial charge < -0.3 is 18.9 Å². The average Bonchev–Trinajstić information content (AvgIpc) is 3.58. The molecule has 2 atom stereocenters. The lowest BCUT2D eigenvalue weighted by Gasteiger charge is -2.40. The van der Waals surface area contributed by atoms with Crippen LogP contribution >= 0.6 is 0 Å². The molecule has 1 saturated carbocycles. The summed E-state index contributed by atoms with van der Waals surface area (Å²) in [5, 5.41) is 4.19. The van der Waals surface area contributed by atoms with Crippen molar-refractivity contribution in [3.8, 4) is 29.4 Å². The van der Waals surface area contributed by atoms with Gasteiger partial charge in [0.25, 0.3) is 0 Å². The highest BCUT2D eigenvalue weighted by molar-refractivity contribution is 5.70. The number of alkyl halides is 3. The molecule has 8 heteroatoms. The standard InChI is InChI=1S/C29H27F3N2O3/c1-2-18-7-11-20(12-8-18)34-21-13-14-22(34)16-23(15-21)35-17-25-27(33-37-28(25)19-9-10-19)24-5-3-4-6-26(24)36-29(30,31)32/h1,3-8,11-12,19,21-23H,9-10,13-17H2. The third kappa shape index (κ3) is 4.93. The normalized spacial score (nSPS) is 23.2. The predicted molar refractivity (Wildman–Crippen MR) is 132 cm³/mol. The van der Waals surface area contributed by atoms with Gasteiger partial charge in [-0.25, -0.2) is 0 Å². The molecular weight excluding hydrogens is 481 g/mol. The van der Waals surface area contributed by atoms with Crippen LogP contribution in [0.3, 0.4) is 0 Å². The highest BCUT2D eigenvalue weighted by atomic mass is 19.4. The van der Waals surface area contributed by atoms with E-state index in [1.165, 1.54) is 17.8 Å². The number of rotatable bonds is 7. The van der Waals surface area contributed by atoms with Crippen LogP contribution in [0.2, 0.25) is 0 Å². The second kappa shape index (κ2) is 9.46. The number of terminal acetylenes is 1. The predicted octanol–water partition coefficient (Wildman–Crippen LogP) is 6.82. The van der Waals surface area contributed by atoms with Crippen LogP contribution in [0.5, 0.6) is 5.75 Å². The summed E-state index contributed by atoms with van der Waals surface area (Å²) in [4.78, 5) is 2.49. The van der Waals surface area contributed by atoms with Crippen molar-refractivity contribution >= 4 is 5.69 Å². The van der Waals surface area contributed by atoms with E-state index in [0.29, 0.717) is 23.5 Å². The maximum atomic E-state index is 13.0. The smallest absolute Gasteiger partial charge is 0.405 e. The third-order valence-electron chi connectivity index (χ3n) is 7.62. The van der Waals surface area contributed by atoms with Gasteiger partial charge >= 0.3 is 6.36 Å². The number of piperidine rings is 1. The Morgan fingerprint density at radius 3 is 2.35 bits per heavy atom. The van der Waals surface area contributed by atoms with Gasteiger partial charge in [-0.15, -0.1) is 19.6 Å². The first-order valence-electron chi connectivity index (χ1n) is 12.7. The average molecular weight is 509 g/mol. The number of para-hydroxylation sites is 1. The number of ether oxygens (including phenoxy) is 2. The monoisotopic (exact) mass is 508 g/mol. The second-order valence-electron chi connectivity index (χ2n) is 10.1. The van der Waals surface area contributed by atoms with E-state index < -0.39 is 6.36 Å². The molecule has 2 bridgehead atoms. The quantitative estimate of drug-likeness (QED) is 0.328. The minimum absolute atomic E-state index is 0.0511. The van der Waals surface area contributed by atoms with Crippen LogP contribution in [-0.4, -0.2) is 29.7 Å². The summed E-state index contributed by atoms with van der Waals surface area (Å²) < 4.78 is 55.5. The topological polar surface area (TPSA) is 47.7 Å². The third-order valence-corrected chi connectivity index (χ3v) is 7.62. The number of benzene rings is 2. The Morgan fingerprint density at radius 2 is 1.70 bits per heavy atom. The molecule has 2 unspecified atom stereocenters. The fourth-order valence-electron chi connectivity index (χ4n) is 5.83. The highest BCUT2D eigenvalue weighted by Crippen LogP contribution is 2.46. The van der Waals surface area contributed by atoms with Gasteiger partial charge in [-0.2, -0.15) is 0 Å². The number of hydrogen-bond donors (Lipinski definition) is 0. The van der Waals surface area contributed by atoms with Crippen molar-refractivity contribution in [2.75, 3.05) is 4.90 Å². The van der Waals surface area contributed by atoms with Gasteiger partial charge in [0.2, 0.25) is 0 Å². The molecule has 6 rings (SSSR count). The van der Waals surface area contributed by atoms with E-state index in [2.05, 4.69) is 32.8 Å². The van der Waals surface area contributed by atoms with Crippen LogP contribution in [0.1, 0.15) is 61.3 Å². The van der Waals surface area contributed by atoms with Crippen molar-refractivity contribution in [1.29, 1.82) is 0 Å². The van der Waals surface area contributed by atoms with Crippen molar-refractivity contribution in [2.45, 2.75) is 75.6 Å². The molecule has 0 N–H and O–H groups in total. The van der Waals surface area contributed by atoms with Crippen molar-refractivity contribution in [1.82, 2.24) is 5.16 Å². The summed E-state index contributed by atoms with van der Waals surface area (Å²) in [6.07, 6.45) is 6.70. The van der Waals surface area contributed by atoms with E-state index >= 15 is 0 Å². The Balaban J connectivity index is 1.20. The van der Waals surface area contributed by atoms with Crippen LogP contribution in [0.25, 0.3) is 11.3 Å². The van der Waals surface area contributed by atoms with Crippen molar-refractivity contribution < 1.29 is 27.2 Å². The molecule has 3 aromatic rings. The minimum Gasteiger partial charge on any atom is -0.405 e. The number of anilines is 1. The van der Waals surface area contributed by atoms with Crippen LogP contribution in [-0.2, 0) is 11.3 Å². The zero-order chi connectivity index (χ0) is 25.6. The molecule has 1 aromatic heterocycles. The lowest BCUT2D eigenvalue weighted by molar-refractivity contribution is -0.274. The van der Waals surface area contributed by atoms with Gasteiger partial charge in [0.1, 0.15) is 17.2 Å². The van der Waals surface area contributed by atoms with Crippen LogP contribution in [0.15, 0.2) is 53.1 Å². The first-order valence-corrected chi connectivity index (χ1v) is 12.7. The molecule has 37 heavy (non-hydrogen) atoms. The zero-order valence-corrected chi connectivity index (χ0v) is 20.2. The largest absolute Gasteiger partial charge is 0.573 e. The Bertz CT molecular complexity index is 1290. The fourth-order valence-corrected chi connectivity index (χ4v) is 5.83. The van der Waals surface area contributed by atoms with Gasteiger partial charge in [0.05, 0.1) is 12.7 Å². The van der Waals surface area contributed by atoms with Crippen LogP contribution in [0, 0.1) is 12.3 Å². The molecule has 0 amide bonds. The maximum Gasteiger partial charge on any atom is 0.573 e. The molecule has 1 aliphatic carbocycles. The number of nitrogens with zero attached hydrogens (tertiary/aromatic N) is 2. The summed E-state index contributed by atoms with van der Waals surface area (Å²) in [6.45, 7) is 0.242. The summed E-state index contributed by atoms with van der Waals surface area (Å²) in [6, 6.07) is 14.9. The van der Waals surface area contributed by atoms with E-state index in [1.807, 2.05) is 12.1 Å². The van der Waals surface area contributed by atoms with Crippen molar-refractivity contribution in [3.63, 3.8) is 0 Å². The molecule has 192 valence electrons. The minimum atomic E-state index is -4.80. The van der Waals surface area contributed by atoms with E-state index in [9.17, 15) is 13.2 Å². The first-order chi connectivity index (χ1) is 17.9. The number of fused-ring (bicyclic) bond motifs is 2. The lowest BCUT2D eigenvalue weighted by Crippen LogP contribution is -2.45. The van der Waals surface area contributed by atoms with Crippen LogP contribution < -0.4 is 9.64 Å². The van der Waals surface area contributed by atoms with Crippen LogP contribution in [0.4, 0.5) is 18.9 Å². The molecule has 2 aromatic carbocycles. The fraction of sp³-hybridized carbons (Fsp3) is 0.414. The first kappa shape index (κ1) is 23.9. The number of halogens is 3. The lowest BCUT2D eigenvalue weighted by atomic mass is 9.98. The molecule has 2 saturated heterocycles. The molecule has 3 fully saturated rings. The Morgan fingerprint density at radius 1 is 1.00 bits per heavy atom. The Kier molecular flexibility index (Phi) is 6.12. The van der Waals surface area contributed by atoms with Gasteiger partial charge in [-0.3, -0.25) is 0 Å². The van der Waals surface area contributed by atoms with Gasteiger partial charge in [0.15, 0.2) is 0 Å². The van der Waals surface area contributed by atoms with Crippen molar-refractivity contribution in [3.05, 3.63) is 65.4 Å². The molecular formula is C29H27F3N2O3. The van der Waals surface area contributed by atoms with Gasteiger partial charge in [0, 0.05) is 40.4 Å². The van der Waals surface area contributed by atoms with E-state index in [0.717, 1.165) is 49.7 Å². The van der Waals surface area contributed by atoms with Crippen molar-refractivity contribution in [2.24, 2.45) is 0 Å². The maximum absolute atomic E-state index is 13.0. The summed E-state index contributed by atoms with van der Waals surface area (Å²) in [7, 11) is 0. The second-order valence-corrected chi connectivity index (χ2v) is 10.1. The number of aromatic nitrogens is 1. The SMILES string of the molecule is C#Cc1ccc(N2C3CCC2CC(OCc2c(-c4ccccc4OC(F)(F)F)noc2C2CC2)C3)cc1. The molecule has 5 nitrogen and oxygen atoms in total. The Labute approximate surface area is 213 Å². The number of hydrogen-bond acceptors (Lipinski definition) is 5. The molecule has 2 aliphatic heterocycles. The summed E-state index contributed by atoms with van der Waals surface area (Å²) >= 11 is 0. The Hall–Kier alpha value is -3.44. The molecule has 3 heterocycles.